The summed E-state index contributed by atoms with van der Waals surface area (Å²) < 4.78 is 24.6. The lowest BCUT2D eigenvalue weighted by atomic mass is 9.44. The molecule has 6 rings (SSSR count). The number of hydrogen-bond acceptors (Lipinski definition) is 5. The van der Waals surface area contributed by atoms with Crippen LogP contribution in [0.5, 0.6) is 11.5 Å². The van der Waals surface area contributed by atoms with E-state index in [1.165, 1.54) is 12.1 Å². The topological polar surface area (TPSA) is 96.9 Å². The van der Waals surface area contributed by atoms with Gasteiger partial charge in [0.1, 0.15) is 17.3 Å². The highest BCUT2D eigenvalue weighted by atomic mass is 35.5. The second-order valence-corrected chi connectivity index (χ2v) is 9.88. The zero-order chi connectivity index (χ0) is 23.4. The minimum Gasteiger partial charge on any atom is -0.484 e. The molecule has 2 unspecified atom stereocenters. The molecule has 3 N–H and O–H groups in total. The van der Waals surface area contributed by atoms with Crippen molar-refractivity contribution in [1.29, 1.82) is 0 Å². The summed E-state index contributed by atoms with van der Waals surface area (Å²) in [5.41, 5.74) is -0.140. The number of benzene rings is 2. The van der Waals surface area contributed by atoms with Crippen LogP contribution in [-0.2, 0) is 9.59 Å². The summed E-state index contributed by atoms with van der Waals surface area (Å²) in [6.07, 6.45) is 0.328. The maximum Gasteiger partial charge on any atom is 0.261 e. The van der Waals surface area contributed by atoms with Crippen molar-refractivity contribution in [2.75, 3.05) is 6.61 Å². The van der Waals surface area contributed by atoms with Gasteiger partial charge >= 0.3 is 0 Å². The van der Waals surface area contributed by atoms with Crippen molar-refractivity contribution >= 4 is 35.0 Å². The number of halogens is 3. The van der Waals surface area contributed by atoms with E-state index in [0.717, 1.165) is 6.07 Å². The molecule has 0 spiro atoms. The maximum absolute atomic E-state index is 13.5. The molecule has 3 saturated carbocycles. The largest absolute Gasteiger partial charge is 0.484 e. The van der Waals surface area contributed by atoms with Gasteiger partial charge in [-0.1, -0.05) is 29.3 Å². The Balaban J connectivity index is 1.10. The highest BCUT2D eigenvalue weighted by Gasteiger charge is 2.69. The Labute approximate surface area is 199 Å². The van der Waals surface area contributed by atoms with E-state index in [9.17, 15) is 19.1 Å². The van der Waals surface area contributed by atoms with E-state index in [-0.39, 0.29) is 46.7 Å². The molecule has 1 heterocycles. The van der Waals surface area contributed by atoms with Gasteiger partial charge in [-0.3, -0.25) is 9.59 Å². The fraction of sp³-hybridized carbons (Fsp3) is 0.391. The summed E-state index contributed by atoms with van der Waals surface area (Å²) >= 11 is 11.6. The van der Waals surface area contributed by atoms with Crippen LogP contribution in [0.2, 0.25) is 10.0 Å². The predicted octanol–water partition coefficient (Wildman–Crippen LogP) is 3.30. The van der Waals surface area contributed by atoms with Gasteiger partial charge in [-0.2, -0.15) is 0 Å². The van der Waals surface area contributed by atoms with Crippen molar-refractivity contribution in [1.82, 2.24) is 10.6 Å². The van der Waals surface area contributed by atoms with Gasteiger partial charge in [0, 0.05) is 34.2 Å². The Morgan fingerprint density at radius 2 is 1.85 bits per heavy atom. The normalized spacial score (nSPS) is 29.0. The number of hydrogen-bond donors (Lipinski definition) is 3. The molecule has 7 nitrogen and oxygen atoms in total. The van der Waals surface area contributed by atoms with Crippen LogP contribution in [0.25, 0.3) is 0 Å². The van der Waals surface area contributed by atoms with Crippen LogP contribution in [-0.4, -0.2) is 40.7 Å². The maximum atomic E-state index is 13.5. The summed E-state index contributed by atoms with van der Waals surface area (Å²) in [6.45, 7) is -0.252. The molecule has 0 aromatic heterocycles. The molecule has 10 heteroatoms. The van der Waals surface area contributed by atoms with E-state index < -0.39 is 18.0 Å². The fourth-order valence-electron chi connectivity index (χ4n) is 5.02. The lowest BCUT2D eigenvalue weighted by Gasteiger charge is -2.70. The van der Waals surface area contributed by atoms with Crippen molar-refractivity contribution in [2.24, 2.45) is 0 Å². The predicted molar refractivity (Wildman–Crippen MR) is 118 cm³/mol. The Morgan fingerprint density at radius 3 is 2.58 bits per heavy atom. The summed E-state index contributed by atoms with van der Waals surface area (Å²) in [4.78, 5) is 25.0. The van der Waals surface area contributed by atoms with Gasteiger partial charge in [0.15, 0.2) is 12.7 Å². The second kappa shape index (κ2) is 8.04. The molecule has 2 aromatic carbocycles. The molecule has 0 saturated heterocycles. The number of aliphatic hydroxyl groups excluding tert-OH is 1. The van der Waals surface area contributed by atoms with Gasteiger partial charge in [-0.15, -0.1) is 0 Å². The average molecular weight is 495 g/mol. The zero-order valence-electron chi connectivity index (χ0n) is 17.4. The first kappa shape index (κ1) is 22.3. The molecule has 2 bridgehead atoms. The van der Waals surface area contributed by atoms with Crippen molar-refractivity contribution in [3.05, 3.63) is 57.8 Å². The first-order valence-electron chi connectivity index (χ1n) is 10.5. The number of aliphatic hydroxyl groups is 1. The Bertz CT molecular complexity index is 1120. The molecule has 2 atom stereocenters. The number of ether oxygens (including phenoxy) is 2. The summed E-state index contributed by atoms with van der Waals surface area (Å²) in [5, 5.41) is 16.8. The van der Waals surface area contributed by atoms with Crippen molar-refractivity contribution in [2.45, 2.75) is 49.0 Å². The molecule has 3 fully saturated rings. The van der Waals surface area contributed by atoms with E-state index >= 15 is 0 Å². The van der Waals surface area contributed by atoms with Gasteiger partial charge < -0.3 is 25.2 Å². The second-order valence-electron chi connectivity index (χ2n) is 9.03. The highest BCUT2D eigenvalue weighted by Crippen LogP contribution is 2.60. The van der Waals surface area contributed by atoms with Gasteiger partial charge in [0.25, 0.3) is 11.8 Å². The lowest BCUT2D eigenvalue weighted by Crippen LogP contribution is -2.84. The first-order valence-corrected chi connectivity index (χ1v) is 11.3. The monoisotopic (exact) mass is 494 g/mol. The Hall–Kier alpha value is -2.55. The van der Waals surface area contributed by atoms with Gasteiger partial charge in [0.05, 0.1) is 11.1 Å². The standard InChI is InChI=1S/C23H21Cl2FN2O5/c24-12-1-3-14-17(29)7-19(33-18(14)5-12)21(31)28-23-9-22(10-23,11-23)27-20(30)8-32-13-2-4-15(25)16(26)6-13/h1-6,17,19,29H,7-11H2,(H,27,30)(H,28,31). The summed E-state index contributed by atoms with van der Waals surface area (Å²) in [5.74, 6) is -0.619. The SMILES string of the molecule is O=C(COc1ccc(Cl)c(F)c1)NC12CC(NC(=O)C3CC(O)c4ccc(Cl)cc4O3)(C1)C2. The van der Waals surface area contributed by atoms with E-state index in [1.54, 1.807) is 18.2 Å². The molecule has 2 amide bonds. The number of nitrogens with one attached hydrogen (secondary N) is 2. The third-order valence-corrected chi connectivity index (χ3v) is 6.96. The van der Waals surface area contributed by atoms with Crippen LogP contribution in [0.4, 0.5) is 4.39 Å². The lowest BCUT2D eigenvalue weighted by molar-refractivity contribution is -0.155. The van der Waals surface area contributed by atoms with E-state index in [2.05, 4.69) is 10.6 Å². The molecular weight excluding hydrogens is 474 g/mol. The van der Waals surface area contributed by atoms with Crippen LogP contribution in [0.1, 0.15) is 37.4 Å². The van der Waals surface area contributed by atoms with Crippen LogP contribution in [0, 0.1) is 5.82 Å². The fourth-order valence-corrected chi connectivity index (χ4v) is 5.30. The summed E-state index contributed by atoms with van der Waals surface area (Å²) in [7, 11) is 0. The highest BCUT2D eigenvalue weighted by molar-refractivity contribution is 6.31. The molecule has 2 aromatic rings. The van der Waals surface area contributed by atoms with E-state index in [1.807, 2.05) is 0 Å². The Kier molecular flexibility index (Phi) is 5.42. The minimum absolute atomic E-state index is 0.0193. The van der Waals surface area contributed by atoms with Gasteiger partial charge in [-0.05, 0) is 43.5 Å². The number of amides is 2. The smallest absolute Gasteiger partial charge is 0.261 e. The van der Waals surface area contributed by atoms with Gasteiger partial charge in [-0.25, -0.2) is 4.39 Å². The third kappa shape index (κ3) is 4.23. The molecule has 174 valence electrons. The van der Waals surface area contributed by atoms with Crippen LogP contribution < -0.4 is 20.1 Å². The molecule has 4 aliphatic rings. The van der Waals surface area contributed by atoms with Crippen LogP contribution in [0.15, 0.2) is 36.4 Å². The molecule has 1 aliphatic heterocycles. The third-order valence-electron chi connectivity index (χ3n) is 6.42. The number of fused-ring (bicyclic) bond motifs is 1. The van der Waals surface area contributed by atoms with Crippen molar-refractivity contribution in [3.8, 4) is 11.5 Å². The zero-order valence-corrected chi connectivity index (χ0v) is 18.9. The number of carbonyl (C=O) groups is 2. The number of rotatable bonds is 6. The average Bonchev–Trinajstić information content (AvgIpc) is 2.71. The van der Waals surface area contributed by atoms with Gasteiger partial charge in [0.2, 0.25) is 0 Å². The van der Waals surface area contributed by atoms with Crippen LogP contribution >= 0.6 is 23.2 Å². The number of carbonyl (C=O) groups excluding carboxylic acids is 2. The molecular formula is C23H21Cl2FN2O5. The molecule has 33 heavy (non-hydrogen) atoms. The molecule has 3 aliphatic carbocycles. The minimum atomic E-state index is -0.821. The van der Waals surface area contributed by atoms with Crippen molar-refractivity contribution < 1.29 is 28.6 Å². The summed E-state index contributed by atoms with van der Waals surface area (Å²) in [6, 6.07) is 8.92. The quantitative estimate of drug-likeness (QED) is 0.572. The Morgan fingerprint density at radius 1 is 1.12 bits per heavy atom. The van der Waals surface area contributed by atoms with Crippen molar-refractivity contribution in [3.63, 3.8) is 0 Å². The molecule has 0 radical (unpaired) electrons. The van der Waals surface area contributed by atoms with E-state index in [0.29, 0.717) is 35.6 Å². The van der Waals surface area contributed by atoms with Crippen LogP contribution in [0.3, 0.4) is 0 Å². The first-order chi connectivity index (χ1) is 15.7. The van der Waals surface area contributed by atoms with E-state index in [4.69, 9.17) is 32.7 Å².